The van der Waals surface area contributed by atoms with E-state index in [1.165, 1.54) is 27.6 Å². The topological polar surface area (TPSA) is 84.3 Å². The van der Waals surface area contributed by atoms with Crippen LogP contribution in [0.3, 0.4) is 0 Å². The minimum atomic E-state index is -3.59. The first-order valence-corrected chi connectivity index (χ1v) is 12.3. The second-order valence-corrected chi connectivity index (χ2v) is 10.3. The molecule has 2 heterocycles. The predicted molar refractivity (Wildman–Crippen MR) is 124 cm³/mol. The molecule has 0 unspecified atom stereocenters. The first kappa shape index (κ1) is 22.5. The van der Waals surface area contributed by atoms with Gasteiger partial charge in [0.2, 0.25) is 15.9 Å². The van der Waals surface area contributed by atoms with Crippen molar-refractivity contribution in [3.05, 3.63) is 77.1 Å². The van der Waals surface area contributed by atoms with Gasteiger partial charge in [0.05, 0.1) is 23.3 Å². The lowest BCUT2D eigenvalue weighted by atomic mass is 9.97. The van der Waals surface area contributed by atoms with Crippen molar-refractivity contribution in [3.8, 4) is 0 Å². The molecule has 1 fully saturated rings. The van der Waals surface area contributed by atoms with Crippen LogP contribution in [0.15, 0.2) is 65.8 Å². The Morgan fingerprint density at radius 3 is 2.50 bits per heavy atom. The maximum Gasteiger partial charge on any atom is 0.243 e. The van der Waals surface area contributed by atoms with Crippen molar-refractivity contribution in [2.24, 2.45) is 5.92 Å². The minimum absolute atomic E-state index is 0.107. The Morgan fingerprint density at radius 1 is 1.12 bits per heavy atom. The summed E-state index contributed by atoms with van der Waals surface area (Å²) in [4.78, 5) is 12.9. The predicted octanol–water partition coefficient (Wildman–Crippen LogP) is 3.93. The summed E-state index contributed by atoms with van der Waals surface area (Å²) >= 11 is 5.86. The molecule has 3 aromatic rings. The highest BCUT2D eigenvalue weighted by molar-refractivity contribution is 7.89. The van der Waals surface area contributed by atoms with Gasteiger partial charge in [0.15, 0.2) is 0 Å². The fourth-order valence-electron chi connectivity index (χ4n) is 3.83. The SMILES string of the molecule is Cc1ccccc1Cn1cc(NC(=O)C2CCN(S(=O)(=O)c3ccc(Cl)cc3)CC2)cn1. The highest BCUT2D eigenvalue weighted by Gasteiger charge is 2.32. The Labute approximate surface area is 193 Å². The van der Waals surface area contributed by atoms with E-state index in [9.17, 15) is 13.2 Å². The standard InChI is InChI=1S/C23H25ClN4O3S/c1-17-4-2-3-5-19(17)15-27-16-21(14-25-27)26-23(29)18-10-12-28(13-11-18)32(30,31)22-8-6-20(24)7-9-22/h2-9,14,16,18H,10-13,15H2,1H3,(H,26,29). The molecule has 4 rings (SSSR count). The van der Waals surface area contributed by atoms with Crippen molar-refractivity contribution in [2.45, 2.75) is 31.2 Å². The molecule has 9 heteroatoms. The van der Waals surface area contributed by atoms with E-state index in [1.807, 2.05) is 18.3 Å². The molecule has 0 saturated carbocycles. The van der Waals surface area contributed by atoms with Crippen LogP contribution in [0.4, 0.5) is 5.69 Å². The van der Waals surface area contributed by atoms with Gasteiger partial charge in [-0.1, -0.05) is 35.9 Å². The smallest absolute Gasteiger partial charge is 0.243 e. The Morgan fingerprint density at radius 2 is 1.81 bits per heavy atom. The highest BCUT2D eigenvalue weighted by Crippen LogP contribution is 2.25. The van der Waals surface area contributed by atoms with Gasteiger partial charge in [-0.2, -0.15) is 9.40 Å². The third-order valence-corrected chi connectivity index (χ3v) is 7.94. The lowest BCUT2D eigenvalue weighted by Gasteiger charge is -2.30. The van der Waals surface area contributed by atoms with E-state index in [1.54, 1.807) is 23.0 Å². The fraction of sp³-hybridized carbons (Fsp3) is 0.304. The van der Waals surface area contributed by atoms with Gasteiger partial charge in [0.1, 0.15) is 0 Å². The number of carbonyl (C=O) groups is 1. The lowest BCUT2D eigenvalue weighted by molar-refractivity contribution is -0.120. The van der Waals surface area contributed by atoms with E-state index in [2.05, 4.69) is 29.5 Å². The van der Waals surface area contributed by atoms with Gasteiger partial charge in [-0.15, -0.1) is 0 Å². The third kappa shape index (κ3) is 5.03. The number of hydrogen-bond donors (Lipinski definition) is 1. The largest absolute Gasteiger partial charge is 0.323 e. The Hall–Kier alpha value is -2.68. The first-order valence-electron chi connectivity index (χ1n) is 10.5. The van der Waals surface area contributed by atoms with Crippen molar-refractivity contribution in [1.29, 1.82) is 0 Å². The number of carbonyl (C=O) groups excluding carboxylic acids is 1. The molecular formula is C23H25ClN4O3S. The Kier molecular flexibility index (Phi) is 6.64. The van der Waals surface area contributed by atoms with Crippen LogP contribution in [0.25, 0.3) is 0 Å². The van der Waals surface area contributed by atoms with Gasteiger partial charge < -0.3 is 5.32 Å². The van der Waals surface area contributed by atoms with Crippen LogP contribution in [0.1, 0.15) is 24.0 Å². The summed E-state index contributed by atoms with van der Waals surface area (Å²) in [6.45, 7) is 3.29. The molecule has 1 aromatic heterocycles. The number of sulfonamides is 1. The summed E-state index contributed by atoms with van der Waals surface area (Å²) < 4.78 is 28.8. The summed E-state index contributed by atoms with van der Waals surface area (Å²) in [5.41, 5.74) is 3.00. The molecule has 168 valence electrons. The number of piperidine rings is 1. The second kappa shape index (κ2) is 9.44. The molecule has 2 aromatic carbocycles. The number of amides is 1. The van der Waals surface area contributed by atoms with Crippen molar-refractivity contribution in [2.75, 3.05) is 18.4 Å². The fourth-order valence-corrected chi connectivity index (χ4v) is 5.43. The molecule has 0 aliphatic carbocycles. The number of benzene rings is 2. The maximum atomic E-state index is 12.8. The molecule has 1 N–H and O–H groups in total. The zero-order valence-corrected chi connectivity index (χ0v) is 19.3. The van der Waals surface area contributed by atoms with Crippen LogP contribution >= 0.6 is 11.6 Å². The van der Waals surface area contributed by atoms with E-state index in [0.717, 1.165) is 0 Å². The quantitative estimate of drug-likeness (QED) is 0.589. The summed E-state index contributed by atoms with van der Waals surface area (Å²) in [5, 5.41) is 7.75. The van der Waals surface area contributed by atoms with E-state index in [-0.39, 0.29) is 16.7 Å². The molecule has 0 atom stereocenters. The van der Waals surface area contributed by atoms with E-state index < -0.39 is 10.0 Å². The monoisotopic (exact) mass is 472 g/mol. The van der Waals surface area contributed by atoms with Crippen LogP contribution < -0.4 is 5.32 Å². The molecule has 1 aliphatic rings. The van der Waals surface area contributed by atoms with Crippen molar-refractivity contribution >= 4 is 33.2 Å². The minimum Gasteiger partial charge on any atom is -0.323 e. The van der Waals surface area contributed by atoms with Crippen molar-refractivity contribution in [1.82, 2.24) is 14.1 Å². The number of aryl methyl sites for hydroxylation is 1. The summed E-state index contributed by atoms with van der Waals surface area (Å²) in [5.74, 6) is -0.352. The van der Waals surface area contributed by atoms with Gasteiger partial charge in [0, 0.05) is 30.2 Å². The number of nitrogens with one attached hydrogen (secondary N) is 1. The molecule has 0 radical (unpaired) electrons. The summed E-state index contributed by atoms with van der Waals surface area (Å²) in [6, 6.07) is 14.2. The van der Waals surface area contributed by atoms with Gasteiger partial charge >= 0.3 is 0 Å². The zero-order chi connectivity index (χ0) is 22.7. The molecule has 0 spiro atoms. The third-order valence-electron chi connectivity index (χ3n) is 5.77. The summed E-state index contributed by atoms with van der Waals surface area (Å²) in [6.07, 6.45) is 4.38. The number of hydrogen-bond acceptors (Lipinski definition) is 4. The normalized spacial score (nSPS) is 15.6. The van der Waals surface area contributed by atoms with Gasteiger partial charge in [-0.05, 0) is 55.2 Å². The zero-order valence-electron chi connectivity index (χ0n) is 17.7. The number of aromatic nitrogens is 2. The summed E-state index contributed by atoms with van der Waals surface area (Å²) in [7, 11) is -3.59. The molecule has 1 saturated heterocycles. The van der Waals surface area contributed by atoms with Crippen LogP contribution in [0.2, 0.25) is 5.02 Å². The van der Waals surface area contributed by atoms with Gasteiger partial charge in [-0.25, -0.2) is 8.42 Å². The molecule has 1 amide bonds. The first-order chi connectivity index (χ1) is 15.3. The van der Waals surface area contributed by atoms with Crippen molar-refractivity contribution < 1.29 is 13.2 Å². The molecule has 1 aliphatic heterocycles. The average molecular weight is 473 g/mol. The molecular weight excluding hydrogens is 448 g/mol. The highest BCUT2D eigenvalue weighted by atomic mass is 35.5. The van der Waals surface area contributed by atoms with E-state index in [0.29, 0.717) is 43.2 Å². The van der Waals surface area contributed by atoms with Crippen LogP contribution in [-0.4, -0.2) is 41.5 Å². The number of nitrogens with zero attached hydrogens (tertiary/aromatic N) is 3. The molecule has 32 heavy (non-hydrogen) atoms. The second-order valence-electron chi connectivity index (χ2n) is 7.97. The van der Waals surface area contributed by atoms with Crippen LogP contribution in [0, 0.1) is 12.8 Å². The maximum absolute atomic E-state index is 12.8. The van der Waals surface area contributed by atoms with Gasteiger partial charge in [-0.3, -0.25) is 9.48 Å². The number of rotatable bonds is 6. The molecule has 7 nitrogen and oxygen atoms in total. The lowest BCUT2D eigenvalue weighted by Crippen LogP contribution is -2.41. The van der Waals surface area contributed by atoms with Crippen LogP contribution in [0.5, 0.6) is 0 Å². The van der Waals surface area contributed by atoms with E-state index >= 15 is 0 Å². The number of halogens is 1. The van der Waals surface area contributed by atoms with Gasteiger partial charge in [0.25, 0.3) is 0 Å². The average Bonchev–Trinajstić information content (AvgIpc) is 3.22. The Bertz CT molecular complexity index is 1200. The van der Waals surface area contributed by atoms with E-state index in [4.69, 9.17) is 11.6 Å². The number of anilines is 1. The van der Waals surface area contributed by atoms with Crippen molar-refractivity contribution in [3.63, 3.8) is 0 Å². The molecule has 0 bridgehead atoms. The Balaban J connectivity index is 1.33. The van der Waals surface area contributed by atoms with Crippen LogP contribution in [-0.2, 0) is 21.4 Å².